The summed E-state index contributed by atoms with van der Waals surface area (Å²) in [5.74, 6) is -1.08. The Morgan fingerprint density at radius 3 is 2.96 bits per heavy atom. The summed E-state index contributed by atoms with van der Waals surface area (Å²) in [7, 11) is -0.762. The monoisotopic (exact) mass is 357 g/mol. The van der Waals surface area contributed by atoms with Gasteiger partial charge in [-0.2, -0.15) is 0 Å². The summed E-state index contributed by atoms with van der Waals surface area (Å²) in [4.78, 5) is 9.96. The number of rotatable bonds is 5. The number of imidazole rings is 1. The summed E-state index contributed by atoms with van der Waals surface area (Å²) in [6, 6.07) is -1.36. The van der Waals surface area contributed by atoms with Gasteiger partial charge in [-0.15, -0.1) is 0 Å². The predicted octanol–water partition coefficient (Wildman–Crippen LogP) is 2.90. The molecule has 0 saturated heterocycles. The van der Waals surface area contributed by atoms with Gasteiger partial charge < -0.3 is 14.5 Å². The van der Waals surface area contributed by atoms with Crippen molar-refractivity contribution in [3.05, 3.63) is 41.1 Å². The molecule has 24 heavy (non-hydrogen) atoms. The van der Waals surface area contributed by atoms with Gasteiger partial charge in [-0.1, -0.05) is 0 Å². The van der Waals surface area contributed by atoms with Crippen LogP contribution in [0, 0.1) is 13.7 Å². The van der Waals surface area contributed by atoms with Gasteiger partial charge >= 0.3 is 0 Å². The van der Waals surface area contributed by atoms with E-state index in [2.05, 4.69) is 15.0 Å². The van der Waals surface area contributed by atoms with Crippen LogP contribution in [0.15, 0.2) is 29.5 Å². The van der Waals surface area contributed by atoms with Crippen LogP contribution < -0.4 is 9.47 Å². The van der Waals surface area contributed by atoms with Crippen molar-refractivity contribution in [2.45, 2.75) is 24.6 Å². The maximum Gasteiger partial charge on any atom is 0.197 e. The number of methoxy groups -OCH3 is 2. The summed E-state index contributed by atoms with van der Waals surface area (Å²) >= 11 is 0. The van der Waals surface area contributed by atoms with Crippen LogP contribution in [0.4, 0.5) is 0 Å². The number of nitrogens with zero attached hydrogens (tertiary/aromatic N) is 2. The standard InChI is InChI=1S/C17H19N3O3S/c1-10-8-18-15(11(2)16(10)23-4)9-24(21)17-19-13-6-5-12(22-3)7-14(13)20-17/h5-8H,9H2,1-4H3,(H,19,20)/i1D3,2D3,5D,6D,7D,8D,9D2. The highest BCUT2D eigenvalue weighted by Crippen LogP contribution is 2.26. The van der Waals surface area contributed by atoms with E-state index in [1.807, 2.05) is 0 Å². The van der Waals surface area contributed by atoms with Gasteiger partial charge in [0.05, 0.1) is 52.9 Å². The van der Waals surface area contributed by atoms with Gasteiger partial charge in [-0.05, 0) is 25.8 Å². The van der Waals surface area contributed by atoms with Crippen LogP contribution in [0.3, 0.4) is 0 Å². The molecule has 1 unspecified atom stereocenters. The van der Waals surface area contributed by atoms with E-state index in [0.717, 1.165) is 7.11 Å². The van der Waals surface area contributed by atoms with Gasteiger partial charge in [-0.25, -0.2) is 4.98 Å². The van der Waals surface area contributed by atoms with Gasteiger partial charge in [0.1, 0.15) is 11.5 Å². The molecular formula is C17H19N3O3S. The van der Waals surface area contributed by atoms with Gasteiger partial charge in [0.25, 0.3) is 0 Å². The average molecular weight is 357 g/mol. The van der Waals surface area contributed by atoms with Crippen LogP contribution in [0.5, 0.6) is 11.5 Å². The molecule has 126 valence electrons. The molecule has 0 aliphatic carbocycles. The van der Waals surface area contributed by atoms with Crippen molar-refractivity contribution in [1.82, 2.24) is 15.0 Å². The molecule has 0 radical (unpaired) electrons. The lowest BCUT2D eigenvalue weighted by molar-refractivity contribution is 0.407. The molecule has 1 atom stereocenters. The highest BCUT2D eigenvalue weighted by Gasteiger charge is 2.16. The number of ether oxygens (including phenoxy) is 2. The molecule has 0 amide bonds. The first kappa shape index (κ1) is 7.23. The second-order valence-electron chi connectivity index (χ2n) is 4.40. The Morgan fingerprint density at radius 2 is 2.25 bits per heavy atom. The van der Waals surface area contributed by atoms with Crippen molar-refractivity contribution < 1.29 is 30.1 Å². The fourth-order valence-electron chi connectivity index (χ4n) is 1.85. The molecule has 2 heterocycles. The highest BCUT2D eigenvalue weighted by molar-refractivity contribution is 7.84. The van der Waals surface area contributed by atoms with Crippen molar-refractivity contribution in [3.8, 4) is 11.5 Å². The molecule has 7 heteroatoms. The normalized spacial score (nSPS) is 21.2. The molecule has 3 aromatic rings. The molecule has 0 spiro atoms. The number of aromatic nitrogens is 3. The van der Waals surface area contributed by atoms with E-state index in [1.54, 1.807) is 0 Å². The predicted molar refractivity (Wildman–Crippen MR) is 93.0 cm³/mol. The number of hydrogen-bond donors (Lipinski definition) is 1. The average Bonchev–Trinajstić information content (AvgIpc) is 3.20. The third kappa shape index (κ3) is 2.99. The number of H-pyrrole nitrogens is 1. The molecule has 1 N–H and O–H groups in total. The summed E-state index contributed by atoms with van der Waals surface area (Å²) in [6.07, 6.45) is -0.995. The lowest BCUT2D eigenvalue weighted by Gasteiger charge is -2.11. The second-order valence-corrected chi connectivity index (χ2v) is 5.53. The van der Waals surface area contributed by atoms with Crippen LogP contribution in [-0.2, 0) is 16.5 Å². The van der Waals surface area contributed by atoms with Gasteiger partial charge in [0.15, 0.2) is 5.16 Å². The largest absolute Gasteiger partial charge is 0.497 e. The zero-order valence-electron chi connectivity index (χ0n) is 24.5. The Morgan fingerprint density at radius 1 is 1.38 bits per heavy atom. The van der Waals surface area contributed by atoms with Crippen molar-refractivity contribution in [3.63, 3.8) is 0 Å². The molecular weight excluding hydrogens is 326 g/mol. The van der Waals surface area contributed by atoms with Gasteiger partial charge in [0, 0.05) is 34.3 Å². The lowest BCUT2D eigenvalue weighted by Crippen LogP contribution is -2.05. The summed E-state index contributed by atoms with van der Waals surface area (Å²) in [6.45, 7) is -6.22. The summed E-state index contributed by atoms with van der Waals surface area (Å²) in [5.41, 5.74) is -6.46. The van der Waals surface area contributed by atoms with Crippen molar-refractivity contribution in [2.75, 3.05) is 14.2 Å². The van der Waals surface area contributed by atoms with Crippen LogP contribution in [0.25, 0.3) is 11.0 Å². The Kier molecular flexibility index (Phi) is 1.99. The number of hydrogen-bond acceptors (Lipinski definition) is 5. The Labute approximate surface area is 159 Å². The number of aromatic amines is 1. The SMILES string of the molecule is [2H]c1nc(C([2H])([2H])S(=O)c2nc3c([2H])c([2H])c(OC)c([2H])c3[nH]2)c(C([2H])([2H])[2H])c(OC)c1C([2H])([2H])[2H]. The van der Waals surface area contributed by atoms with Crippen molar-refractivity contribution in [1.29, 1.82) is 0 Å². The lowest BCUT2D eigenvalue weighted by atomic mass is 10.1. The minimum atomic E-state index is -3.19. The molecule has 3 rings (SSSR count). The van der Waals surface area contributed by atoms with Gasteiger partial charge in [-0.3, -0.25) is 9.19 Å². The first-order valence-corrected chi connectivity index (χ1v) is 7.59. The third-order valence-electron chi connectivity index (χ3n) is 2.96. The summed E-state index contributed by atoms with van der Waals surface area (Å²) < 4.78 is 119. The van der Waals surface area contributed by atoms with E-state index in [9.17, 15) is 4.21 Å². The van der Waals surface area contributed by atoms with E-state index < -0.39 is 82.2 Å². The van der Waals surface area contributed by atoms with Crippen molar-refractivity contribution >= 4 is 21.8 Å². The number of fused-ring (bicyclic) bond motifs is 1. The van der Waals surface area contributed by atoms with Crippen LogP contribution in [-0.4, -0.2) is 33.4 Å². The minimum absolute atomic E-state index is 0.174. The van der Waals surface area contributed by atoms with E-state index in [1.165, 1.54) is 7.11 Å². The fourth-order valence-corrected chi connectivity index (χ4v) is 2.64. The molecule has 0 bridgehead atoms. The number of benzene rings is 1. The van der Waals surface area contributed by atoms with E-state index >= 15 is 0 Å². The molecule has 1 aromatic carbocycles. The number of pyridine rings is 1. The Bertz CT molecular complexity index is 1380. The maximum absolute atomic E-state index is 13.4. The third-order valence-corrected chi connectivity index (χ3v) is 3.88. The van der Waals surface area contributed by atoms with E-state index in [4.69, 9.17) is 25.9 Å². The van der Waals surface area contributed by atoms with Gasteiger partial charge in [0.2, 0.25) is 0 Å². The Hall–Kier alpha value is -2.41. The van der Waals surface area contributed by atoms with E-state index in [-0.39, 0.29) is 16.8 Å². The topological polar surface area (TPSA) is 77.1 Å². The minimum Gasteiger partial charge on any atom is -0.497 e. The van der Waals surface area contributed by atoms with Crippen molar-refractivity contribution in [2.24, 2.45) is 0 Å². The first-order chi connectivity index (χ1) is 16.4. The molecule has 0 saturated carbocycles. The smallest absolute Gasteiger partial charge is 0.197 e. The first-order valence-electron chi connectivity index (χ1n) is 12.4. The highest BCUT2D eigenvalue weighted by atomic mass is 32.2. The summed E-state index contributed by atoms with van der Waals surface area (Å²) in [5, 5.41) is -0.617. The zero-order valence-corrected chi connectivity index (χ0v) is 13.3. The molecule has 0 aliphatic heterocycles. The fraction of sp³-hybridized carbons (Fsp3) is 0.294. The molecule has 0 aliphatic rings. The van der Waals surface area contributed by atoms with Crippen LogP contribution >= 0.6 is 0 Å². The van der Waals surface area contributed by atoms with Crippen LogP contribution in [0.2, 0.25) is 0 Å². The quantitative estimate of drug-likeness (QED) is 0.760. The van der Waals surface area contributed by atoms with E-state index in [0.29, 0.717) is 0 Å². The molecule has 6 nitrogen and oxygen atoms in total. The zero-order chi connectivity index (χ0) is 27.5. The molecule has 2 aromatic heterocycles. The van der Waals surface area contributed by atoms with Crippen LogP contribution in [0.1, 0.15) is 33.3 Å². The maximum atomic E-state index is 13.4. The second kappa shape index (κ2) is 6.60. The number of nitrogens with one attached hydrogen (secondary N) is 1. The Balaban J connectivity index is 2.32. The molecule has 0 fully saturated rings.